The van der Waals surface area contributed by atoms with Gasteiger partial charge in [-0.25, -0.2) is 0 Å². The van der Waals surface area contributed by atoms with Crippen LogP contribution in [0.2, 0.25) is 0 Å². The summed E-state index contributed by atoms with van der Waals surface area (Å²) in [5.41, 5.74) is 0. The van der Waals surface area contributed by atoms with Crippen LogP contribution in [0.15, 0.2) is 0 Å². The van der Waals surface area contributed by atoms with E-state index < -0.39 is 0 Å². The highest BCUT2D eigenvalue weighted by Crippen LogP contribution is 2.30. The van der Waals surface area contributed by atoms with Crippen molar-refractivity contribution in [3.05, 3.63) is 0 Å². The second-order valence-electron chi connectivity index (χ2n) is 5.83. The topological polar surface area (TPSA) is 18.5 Å². The average molecular weight is 319 g/mol. The summed E-state index contributed by atoms with van der Waals surface area (Å²) >= 11 is 3.84. The summed E-state index contributed by atoms with van der Waals surface area (Å²) in [6.07, 6.45) is 14.0. The SMILES string of the molecule is COC1CCCC(OC2CCCCCCC2Br)C1. The van der Waals surface area contributed by atoms with Crippen molar-refractivity contribution < 1.29 is 9.47 Å². The molecule has 0 radical (unpaired) electrons. The van der Waals surface area contributed by atoms with E-state index in [0.717, 1.165) is 6.42 Å². The number of halogens is 1. The van der Waals surface area contributed by atoms with Gasteiger partial charge in [-0.2, -0.15) is 0 Å². The summed E-state index contributed by atoms with van der Waals surface area (Å²) in [6, 6.07) is 0. The average Bonchev–Trinajstić information content (AvgIpc) is 2.39. The number of hydrogen-bond acceptors (Lipinski definition) is 2. The van der Waals surface area contributed by atoms with Crippen LogP contribution in [-0.2, 0) is 9.47 Å². The van der Waals surface area contributed by atoms with Gasteiger partial charge < -0.3 is 9.47 Å². The van der Waals surface area contributed by atoms with Crippen molar-refractivity contribution >= 4 is 15.9 Å². The molecular formula is C15H27BrO2. The van der Waals surface area contributed by atoms with Crippen molar-refractivity contribution in [1.82, 2.24) is 0 Å². The van der Waals surface area contributed by atoms with E-state index in [9.17, 15) is 0 Å². The largest absolute Gasteiger partial charge is 0.381 e. The zero-order chi connectivity index (χ0) is 12.8. The van der Waals surface area contributed by atoms with E-state index in [1.165, 1.54) is 57.8 Å². The first-order chi connectivity index (χ1) is 8.79. The Bertz CT molecular complexity index is 235. The van der Waals surface area contributed by atoms with Gasteiger partial charge in [0.2, 0.25) is 0 Å². The predicted octanol–water partition coefficient (Wildman–Crippen LogP) is 4.45. The molecule has 0 amide bonds. The zero-order valence-electron chi connectivity index (χ0n) is 11.6. The van der Waals surface area contributed by atoms with Crippen molar-refractivity contribution in [3.8, 4) is 0 Å². The van der Waals surface area contributed by atoms with Gasteiger partial charge >= 0.3 is 0 Å². The Hall–Kier alpha value is 0.400. The fraction of sp³-hybridized carbons (Fsp3) is 1.00. The third-order valence-corrected chi connectivity index (χ3v) is 5.45. The molecule has 0 spiro atoms. The third-order valence-electron chi connectivity index (χ3n) is 4.40. The minimum absolute atomic E-state index is 0.422. The molecule has 0 bridgehead atoms. The van der Waals surface area contributed by atoms with Crippen LogP contribution >= 0.6 is 15.9 Å². The second-order valence-corrected chi connectivity index (χ2v) is 7.00. The fourth-order valence-electron chi connectivity index (χ4n) is 3.25. The van der Waals surface area contributed by atoms with E-state index in [0.29, 0.717) is 23.1 Å². The van der Waals surface area contributed by atoms with Crippen LogP contribution in [0, 0.1) is 0 Å². The molecule has 2 aliphatic carbocycles. The van der Waals surface area contributed by atoms with E-state index in [-0.39, 0.29) is 0 Å². The summed E-state index contributed by atoms with van der Waals surface area (Å²) in [5.74, 6) is 0. The van der Waals surface area contributed by atoms with Crippen LogP contribution in [0.25, 0.3) is 0 Å². The number of hydrogen-bond donors (Lipinski definition) is 0. The Labute approximate surface area is 120 Å². The molecule has 0 aromatic carbocycles. The molecule has 0 saturated heterocycles. The standard InChI is InChI=1S/C15H27BrO2/c1-17-12-7-6-8-13(11-12)18-15-10-5-3-2-4-9-14(15)16/h12-15H,2-11H2,1H3. The summed E-state index contributed by atoms with van der Waals surface area (Å²) in [5, 5.41) is 0. The van der Waals surface area contributed by atoms with Crippen LogP contribution in [0.4, 0.5) is 0 Å². The first kappa shape index (κ1) is 14.8. The highest BCUT2D eigenvalue weighted by atomic mass is 79.9. The molecule has 2 aliphatic rings. The van der Waals surface area contributed by atoms with E-state index in [1.54, 1.807) is 0 Å². The molecule has 2 rings (SSSR count). The molecule has 0 aromatic heterocycles. The van der Waals surface area contributed by atoms with E-state index in [2.05, 4.69) is 15.9 Å². The lowest BCUT2D eigenvalue weighted by atomic mass is 9.93. The number of alkyl halides is 1. The molecule has 4 atom stereocenters. The van der Waals surface area contributed by atoms with Gasteiger partial charge in [-0.3, -0.25) is 0 Å². The molecule has 4 unspecified atom stereocenters. The quantitative estimate of drug-likeness (QED) is 0.716. The fourth-order valence-corrected chi connectivity index (χ4v) is 3.96. The molecule has 18 heavy (non-hydrogen) atoms. The first-order valence-corrected chi connectivity index (χ1v) is 8.53. The normalized spacial score (nSPS) is 39.0. The van der Waals surface area contributed by atoms with Gasteiger partial charge in [0.25, 0.3) is 0 Å². The highest BCUT2D eigenvalue weighted by molar-refractivity contribution is 9.09. The lowest BCUT2D eigenvalue weighted by molar-refractivity contribution is -0.0689. The van der Waals surface area contributed by atoms with Crippen LogP contribution in [0.3, 0.4) is 0 Å². The maximum Gasteiger partial charge on any atom is 0.0703 e. The lowest BCUT2D eigenvalue weighted by Crippen LogP contribution is -2.35. The molecule has 3 heteroatoms. The molecule has 0 aromatic rings. The lowest BCUT2D eigenvalue weighted by Gasteiger charge is -2.34. The molecule has 0 heterocycles. The van der Waals surface area contributed by atoms with Gasteiger partial charge in [0, 0.05) is 11.9 Å². The Morgan fingerprint density at radius 3 is 2.33 bits per heavy atom. The molecule has 2 fully saturated rings. The summed E-state index contributed by atoms with van der Waals surface area (Å²) in [7, 11) is 1.83. The van der Waals surface area contributed by atoms with Crippen molar-refractivity contribution in [2.24, 2.45) is 0 Å². The molecule has 2 saturated carbocycles. The Morgan fingerprint density at radius 2 is 1.56 bits per heavy atom. The maximum absolute atomic E-state index is 6.39. The molecular weight excluding hydrogens is 292 g/mol. The van der Waals surface area contributed by atoms with Gasteiger partial charge in [-0.05, 0) is 38.5 Å². The van der Waals surface area contributed by atoms with Crippen molar-refractivity contribution in [2.45, 2.75) is 87.3 Å². The van der Waals surface area contributed by atoms with Crippen molar-refractivity contribution in [1.29, 1.82) is 0 Å². The van der Waals surface area contributed by atoms with Crippen LogP contribution in [-0.4, -0.2) is 30.2 Å². The maximum atomic E-state index is 6.39. The molecule has 0 N–H and O–H groups in total. The number of rotatable bonds is 3. The van der Waals surface area contributed by atoms with Gasteiger partial charge in [0.15, 0.2) is 0 Å². The van der Waals surface area contributed by atoms with E-state index in [4.69, 9.17) is 9.47 Å². The van der Waals surface area contributed by atoms with Gasteiger partial charge in [-0.15, -0.1) is 0 Å². The van der Waals surface area contributed by atoms with E-state index >= 15 is 0 Å². The minimum Gasteiger partial charge on any atom is -0.381 e. The van der Waals surface area contributed by atoms with Gasteiger partial charge in [-0.1, -0.05) is 41.6 Å². The second kappa shape index (κ2) is 7.86. The van der Waals surface area contributed by atoms with Gasteiger partial charge in [0.05, 0.1) is 18.3 Å². The van der Waals surface area contributed by atoms with Crippen molar-refractivity contribution in [2.75, 3.05) is 7.11 Å². The number of ether oxygens (including phenoxy) is 2. The smallest absolute Gasteiger partial charge is 0.0703 e. The monoisotopic (exact) mass is 318 g/mol. The Morgan fingerprint density at radius 1 is 0.833 bits per heavy atom. The summed E-state index contributed by atoms with van der Waals surface area (Å²) < 4.78 is 11.9. The van der Waals surface area contributed by atoms with Gasteiger partial charge in [0.1, 0.15) is 0 Å². The zero-order valence-corrected chi connectivity index (χ0v) is 13.2. The van der Waals surface area contributed by atoms with Crippen LogP contribution in [0.5, 0.6) is 0 Å². The summed E-state index contributed by atoms with van der Waals surface area (Å²) in [6.45, 7) is 0. The number of methoxy groups -OCH3 is 1. The highest BCUT2D eigenvalue weighted by Gasteiger charge is 2.28. The predicted molar refractivity (Wildman–Crippen MR) is 78.3 cm³/mol. The van der Waals surface area contributed by atoms with Crippen molar-refractivity contribution in [3.63, 3.8) is 0 Å². The Balaban J connectivity index is 1.81. The molecule has 106 valence electrons. The van der Waals surface area contributed by atoms with Crippen LogP contribution < -0.4 is 0 Å². The molecule has 2 nitrogen and oxygen atoms in total. The van der Waals surface area contributed by atoms with E-state index in [1.807, 2.05) is 7.11 Å². The first-order valence-electron chi connectivity index (χ1n) is 7.62. The Kier molecular flexibility index (Phi) is 6.46. The minimum atomic E-state index is 0.422. The molecule has 0 aliphatic heterocycles. The van der Waals surface area contributed by atoms with Crippen LogP contribution in [0.1, 0.15) is 64.2 Å². The summed E-state index contributed by atoms with van der Waals surface area (Å²) in [4.78, 5) is 0.556. The third kappa shape index (κ3) is 4.50.